The SMILES string of the molecule is Cc1ccc2c(CC(=O)N3CCO[C@H](c4nc(Cc5ccccc5F)no4)C3)coc2c1. The van der Waals surface area contributed by atoms with E-state index >= 15 is 0 Å². The molecular weight excluding hydrogens is 413 g/mol. The van der Waals surface area contributed by atoms with Crippen LogP contribution in [0.1, 0.15) is 34.5 Å². The highest BCUT2D eigenvalue weighted by atomic mass is 19.1. The molecule has 0 unspecified atom stereocenters. The van der Waals surface area contributed by atoms with Gasteiger partial charge in [0, 0.05) is 23.9 Å². The van der Waals surface area contributed by atoms with Crippen LogP contribution in [0.2, 0.25) is 0 Å². The number of carbonyl (C=O) groups excluding carboxylic acids is 1. The second-order valence-electron chi connectivity index (χ2n) is 7.95. The van der Waals surface area contributed by atoms with Gasteiger partial charge in [-0.15, -0.1) is 0 Å². The Morgan fingerprint density at radius 2 is 2.09 bits per heavy atom. The van der Waals surface area contributed by atoms with Crippen molar-refractivity contribution in [3.63, 3.8) is 0 Å². The quantitative estimate of drug-likeness (QED) is 0.471. The number of hydrogen-bond donors (Lipinski definition) is 0. The normalized spacial score (nSPS) is 16.6. The van der Waals surface area contributed by atoms with Crippen LogP contribution >= 0.6 is 0 Å². The lowest BCUT2D eigenvalue weighted by Crippen LogP contribution is -2.43. The van der Waals surface area contributed by atoms with E-state index in [1.807, 2.05) is 25.1 Å². The average Bonchev–Trinajstić information content (AvgIpc) is 3.42. The molecule has 5 rings (SSSR count). The lowest BCUT2D eigenvalue weighted by Gasteiger charge is -2.31. The molecule has 164 valence electrons. The second kappa shape index (κ2) is 8.55. The van der Waals surface area contributed by atoms with Crippen LogP contribution in [-0.2, 0) is 22.4 Å². The number of benzene rings is 2. The highest BCUT2D eigenvalue weighted by Crippen LogP contribution is 2.25. The number of hydrogen-bond acceptors (Lipinski definition) is 6. The number of ether oxygens (including phenoxy) is 1. The average molecular weight is 435 g/mol. The fourth-order valence-corrected chi connectivity index (χ4v) is 3.91. The van der Waals surface area contributed by atoms with E-state index in [2.05, 4.69) is 10.1 Å². The number of aromatic nitrogens is 2. The molecule has 3 heterocycles. The van der Waals surface area contributed by atoms with Crippen LogP contribution in [0.4, 0.5) is 4.39 Å². The third-order valence-corrected chi connectivity index (χ3v) is 5.64. The number of carbonyl (C=O) groups is 1. The van der Waals surface area contributed by atoms with Crippen molar-refractivity contribution in [2.75, 3.05) is 19.7 Å². The van der Waals surface area contributed by atoms with Gasteiger partial charge in [0.15, 0.2) is 11.9 Å². The van der Waals surface area contributed by atoms with Crippen molar-refractivity contribution < 1.29 is 22.9 Å². The first-order valence-corrected chi connectivity index (χ1v) is 10.5. The number of halogens is 1. The van der Waals surface area contributed by atoms with Crippen LogP contribution in [0.15, 0.2) is 57.7 Å². The number of nitrogens with zero attached hydrogens (tertiary/aromatic N) is 3. The first kappa shape index (κ1) is 20.4. The Balaban J connectivity index is 1.25. The predicted molar refractivity (Wildman–Crippen MR) is 113 cm³/mol. The van der Waals surface area contributed by atoms with Crippen LogP contribution in [0.5, 0.6) is 0 Å². The zero-order chi connectivity index (χ0) is 22.1. The van der Waals surface area contributed by atoms with Crippen LogP contribution < -0.4 is 0 Å². The molecule has 0 N–H and O–H groups in total. The van der Waals surface area contributed by atoms with Gasteiger partial charge in [-0.2, -0.15) is 4.98 Å². The van der Waals surface area contributed by atoms with E-state index in [9.17, 15) is 9.18 Å². The number of furan rings is 1. The number of morpholine rings is 1. The van der Waals surface area contributed by atoms with E-state index in [0.29, 0.717) is 31.1 Å². The van der Waals surface area contributed by atoms with E-state index in [1.54, 1.807) is 29.4 Å². The highest BCUT2D eigenvalue weighted by molar-refractivity contribution is 5.88. The van der Waals surface area contributed by atoms with Crippen LogP contribution in [-0.4, -0.2) is 40.6 Å². The van der Waals surface area contributed by atoms with Gasteiger partial charge in [0.1, 0.15) is 11.4 Å². The Morgan fingerprint density at radius 1 is 1.22 bits per heavy atom. The van der Waals surface area contributed by atoms with Crippen molar-refractivity contribution in [1.82, 2.24) is 15.0 Å². The molecule has 32 heavy (non-hydrogen) atoms. The summed E-state index contributed by atoms with van der Waals surface area (Å²) in [6.07, 6.45) is 1.59. The summed E-state index contributed by atoms with van der Waals surface area (Å²) in [5.74, 6) is 0.328. The van der Waals surface area contributed by atoms with Crippen LogP contribution in [0.3, 0.4) is 0 Å². The van der Waals surface area contributed by atoms with Crippen LogP contribution in [0.25, 0.3) is 11.0 Å². The Bertz CT molecular complexity index is 1270. The molecule has 2 aromatic carbocycles. The zero-order valence-corrected chi connectivity index (χ0v) is 17.6. The van der Waals surface area contributed by atoms with Gasteiger partial charge in [-0.25, -0.2) is 4.39 Å². The standard InChI is InChI=1S/C24H22FN3O4/c1-15-6-7-18-17(14-31-20(18)10-15)12-23(29)28-8-9-30-21(13-28)24-26-22(27-32-24)11-16-4-2-3-5-19(16)25/h2-7,10,14,21H,8-9,11-13H2,1H3/t21-/m0/s1. The van der Waals surface area contributed by atoms with Crippen molar-refractivity contribution in [3.05, 3.63) is 83.0 Å². The molecule has 8 heteroatoms. The largest absolute Gasteiger partial charge is 0.464 e. The van der Waals surface area contributed by atoms with Gasteiger partial charge in [0.2, 0.25) is 5.91 Å². The molecule has 0 spiro atoms. The minimum absolute atomic E-state index is 0.0207. The summed E-state index contributed by atoms with van der Waals surface area (Å²) >= 11 is 0. The first-order chi connectivity index (χ1) is 15.6. The molecule has 1 saturated heterocycles. The second-order valence-corrected chi connectivity index (χ2v) is 7.95. The van der Waals surface area contributed by atoms with Gasteiger partial charge in [0.05, 0.1) is 25.8 Å². The monoisotopic (exact) mass is 435 g/mol. The fraction of sp³-hybridized carbons (Fsp3) is 0.292. The zero-order valence-electron chi connectivity index (χ0n) is 17.6. The summed E-state index contributed by atoms with van der Waals surface area (Å²) in [6, 6.07) is 12.4. The van der Waals surface area contributed by atoms with Gasteiger partial charge >= 0.3 is 0 Å². The first-order valence-electron chi connectivity index (χ1n) is 10.5. The highest BCUT2D eigenvalue weighted by Gasteiger charge is 2.30. The van der Waals surface area contributed by atoms with Crippen molar-refractivity contribution >= 4 is 16.9 Å². The van der Waals surface area contributed by atoms with Gasteiger partial charge in [-0.1, -0.05) is 35.5 Å². The molecule has 1 atom stereocenters. The third kappa shape index (κ3) is 4.13. The summed E-state index contributed by atoms with van der Waals surface area (Å²) in [5, 5.41) is 4.90. The van der Waals surface area contributed by atoms with Crippen molar-refractivity contribution in [3.8, 4) is 0 Å². The molecular formula is C24H22FN3O4. The van der Waals surface area contributed by atoms with E-state index in [-0.39, 0.29) is 30.5 Å². The maximum absolute atomic E-state index is 13.9. The number of amides is 1. The summed E-state index contributed by atoms with van der Waals surface area (Å²) in [7, 11) is 0. The molecule has 0 saturated carbocycles. The van der Waals surface area contributed by atoms with E-state index in [4.69, 9.17) is 13.7 Å². The van der Waals surface area contributed by atoms with Crippen molar-refractivity contribution in [1.29, 1.82) is 0 Å². The van der Waals surface area contributed by atoms with Gasteiger partial charge < -0.3 is 18.6 Å². The summed E-state index contributed by atoms with van der Waals surface area (Å²) in [4.78, 5) is 19.1. The number of fused-ring (bicyclic) bond motifs is 1. The predicted octanol–water partition coefficient (Wildman–Crippen LogP) is 4.00. The summed E-state index contributed by atoms with van der Waals surface area (Å²) < 4.78 is 30.6. The molecule has 2 aromatic heterocycles. The Morgan fingerprint density at radius 3 is 2.97 bits per heavy atom. The maximum atomic E-state index is 13.9. The minimum atomic E-state index is -0.515. The summed E-state index contributed by atoms with van der Waals surface area (Å²) in [6.45, 7) is 3.17. The minimum Gasteiger partial charge on any atom is -0.464 e. The van der Waals surface area contributed by atoms with E-state index < -0.39 is 6.10 Å². The molecule has 1 aliphatic rings. The van der Waals surface area contributed by atoms with Crippen molar-refractivity contribution in [2.24, 2.45) is 0 Å². The van der Waals surface area contributed by atoms with Gasteiger partial charge in [-0.05, 0) is 30.2 Å². The molecule has 0 aliphatic carbocycles. The summed E-state index contributed by atoms with van der Waals surface area (Å²) in [5.41, 5.74) is 3.23. The Hall–Kier alpha value is -3.52. The molecule has 0 radical (unpaired) electrons. The number of rotatable bonds is 5. The molecule has 0 bridgehead atoms. The Kier molecular flexibility index (Phi) is 5.45. The number of aryl methyl sites for hydroxylation is 1. The molecule has 1 aliphatic heterocycles. The topological polar surface area (TPSA) is 81.6 Å². The molecule has 7 nitrogen and oxygen atoms in total. The molecule has 1 amide bonds. The fourth-order valence-electron chi connectivity index (χ4n) is 3.91. The molecule has 1 fully saturated rings. The lowest BCUT2D eigenvalue weighted by atomic mass is 10.1. The smallest absolute Gasteiger partial charge is 0.257 e. The third-order valence-electron chi connectivity index (χ3n) is 5.64. The van der Waals surface area contributed by atoms with Gasteiger partial charge in [-0.3, -0.25) is 4.79 Å². The lowest BCUT2D eigenvalue weighted by molar-refractivity contribution is -0.139. The van der Waals surface area contributed by atoms with Crippen LogP contribution in [0, 0.1) is 12.7 Å². The van der Waals surface area contributed by atoms with E-state index in [1.165, 1.54) is 6.07 Å². The Labute approximate surface area is 183 Å². The van der Waals surface area contributed by atoms with Crippen molar-refractivity contribution in [2.45, 2.75) is 25.9 Å². The van der Waals surface area contributed by atoms with Gasteiger partial charge in [0.25, 0.3) is 5.89 Å². The molecule has 4 aromatic rings. The van der Waals surface area contributed by atoms with E-state index in [0.717, 1.165) is 22.1 Å². The maximum Gasteiger partial charge on any atom is 0.257 e.